The number of carbonyl (C=O) groups is 3. The van der Waals surface area contributed by atoms with E-state index in [1.807, 2.05) is 30.0 Å². The number of hydrogen-bond acceptors (Lipinski definition) is 13. The predicted molar refractivity (Wildman–Crippen MR) is 273 cm³/mol. The van der Waals surface area contributed by atoms with Gasteiger partial charge in [-0.2, -0.15) is 4.98 Å². The lowest BCUT2D eigenvalue weighted by Gasteiger charge is -2.46. The first-order chi connectivity index (χ1) is 33.8. The van der Waals surface area contributed by atoms with Gasteiger partial charge in [0.05, 0.1) is 52.6 Å². The Morgan fingerprint density at radius 1 is 0.914 bits per heavy atom. The number of rotatable bonds is 12. The quantitative estimate of drug-likeness (QED) is 0.0716. The second-order valence-electron chi connectivity index (χ2n) is 19.2. The SMILES string of the molecule is CCc1cc(Nc2ncc(Br)c(Nc3ccc4nc(C)ccc4c3[P+]3(O)CCCC3)n2)c(OC)cc1N1CCC(N2CCN(C(=O)C3CN(c4cc(F)c(C5CCC(=O)NC5=O)c(F)c4)C3)CC2)CC1. The monoisotopic (exact) mass is 1040 g/mol. The summed E-state index contributed by atoms with van der Waals surface area (Å²) in [6.07, 6.45) is 8.19. The first-order valence-corrected chi connectivity index (χ1v) is 27.3. The van der Waals surface area contributed by atoms with E-state index in [0.717, 1.165) is 110 Å². The molecule has 19 heteroatoms. The Morgan fingerprint density at radius 3 is 2.33 bits per heavy atom. The molecule has 5 fully saturated rings. The minimum Gasteiger partial charge on any atom is -0.494 e. The summed E-state index contributed by atoms with van der Waals surface area (Å²) in [7, 11) is -0.731. The van der Waals surface area contributed by atoms with E-state index in [0.29, 0.717) is 59.9 Å². The number of benzene rings is 3. The fraction of sp³-hybridized carbons (Fsp3) is 0.451. The molecule has 3 amide bonds. The highest BCUT2D eigenvalue weighted by atomic mass is 79.9. The number of fused-ring (bicyclic) bond motifs is 1. The van der Waals surface area contributed by atoms with Gasteiger partial charge in [0, 0.05) is 105 Å². The molecule has 70 heavy (non-hydrogen) atoms. The molecule has 15 nitrogen and oxygen atoms in total. The Balaban J connectivity index is 0.741. The lowest BCUT2D eigenvalue weighted by Crippen LogP contribution is -2.59. The van der Waals surface area contributed by atoms with Crippen molar-refractivity contribution >= 4 is 91.9 Å². The molecule has 2 aromatic heterocycles. The molecular weight excluding hydrogens is 981 g/mol. The topological polar surface area (TPSA) is 168 Å². The van der Waals surface area contributed by atoms with Crippen LogP contribution in [0.5, 0.6) is 5.75 Å². The molecule has 0 aliphatic carbocycles. The minimum atomic E-state index is -2.40. The van der Waals surface area contributed by atoms with Gasteiger partial charge in [-0.05, 0) is 109 Å². The molecule has 368 valence electrons. The van der Waals surface area contributed by atoms with Gasteiger partial charge in [-0.3, -0.25) is 29.6 Å². The summed E-state index contributed by atoms with van der Waals surface area (Å²) >= 11 is 3.67. The van der Waals surface area contributed by atoms with Crippen LogP contribution in [0.15, 0.2) is 59.2 Å². The maximum absolute atomic E-state index is 15.2. The number of ether oxygens (including phenoxy) is 1. The van der Waals surface area contributed by atoms with E-state index >= 15 is 8.78 Å². The maximum atomic E-state index is 15.2. The zero-order valence-electron chi connectivity index (χ0n) is 39.7. The van der Waals surface area contributed by atoms with Crippen LogP contribution in [0.1, 0.15) is 68.2 Å². The van der Waals surface area contributed by atoms with E-state index in [1.165, 1.54) is 17.7 Å². The van der Waals surface area contributed by atoms with Crippen molar-refractivity contribution in [2.75, 3.05) is 92.2 Å². The van der Waals surface area contributed by atoms with E-state index < -0.39 is 36.9 Å². The number of nitrogens with one attached hydrogen (secondary N) is 3. The molecule has 10 rings (SSSR count). The fourth-order valence-electron chi connectivity index (χ4n) is 11.1. The zero-order chi connectivity index (χ0) is 48.8. The van der Waals surface area contributed by atoms with E-state index in [9.17, 15) is 19.3 Å². The Hall–Kier alpha value is -5.55. The number of piperidine rings is 2. The Morgan fingerprint density at radius 2 is 1.64 bits per heavy atom. The lowest BCUT2D eigenvalue weighted by molar-refractivity contribution is -0.138. The molecule has 0 spiro atoms. The Labute approximate surface area is 415 Å². The van der Waals surface area contributed by atoms with Crippen LogP contribution in [-0.4, -0.2) is 125 Å². The van der Waals surface area contributed by atoms with Crippen LogP contribution in [0, 0.1) is 24.5 Å². The van der Waals surface area contributed by atoms with E-state index in [1.54, 1.807) is 18.2 Å². The first kappa shape index (κ1) is 48.1. The molecule has 0 saturated carbocycles. The summed E-state index contributed by atoms with van der Waals surface area (Å²) < 4.78 is 37.1. The smallest absolute Gasteiger partial charge is 0.234 e. The number of hydrogen-bond donors (Lipinski definition) is 4. The van der Waals surface area contributed by atoms with Crippen molar-refractivity contribution in [2.24, 2.45) is 5.92 Å². The number of nitrogens with zero attached hydrogens (tertiary/aromatic N) is 7. The van der Waals surface area contributed by atoms with Gasteiger partial charge in [-0.15, -0.1) is 0 Å². The highest BCUT2D eigenvalue weighted by Gasteiger charge is 2.46. The Bertz CT molecular complexity index is 2830. The van der Waals surface area contributed by atoms with Crippen molar-refractivity contribution in [3.63, 3.8) is 0 Å². The molecule has 5 aliphatic rings. The molecule has 0 bridgehead atoms. The zero-order valence-corrected chi connectivity index (χ0v) is 42.2. The number of halogens is 3. The normalized spacial score (nSPS) is 20.2. The Kier molecular flexibility index (Phi) is 13.7. The van der Waals surface area contributed by atoms with E-state index in [4.69, 9.17) is 14.7 Å². The van der Waals surface area contributed by atoms with Gasteiger partial charge in [0.25, 0.3) is 0 Å². The van der Waals surface area contributed by atoms with Gasteiger partial charge >= 0.3 is 0 Å². The van der Waals surface area contributed by atoms with Crippen molar-refractivity contribution in [3.8, 4) is 5.75 Å². The number of anilines is 6. The number of piperazine rings is 1. The van der Waals surface area contributed by atoms with Gasteiger partial charge < -0.3 is 30.1 Å². The largest absolute Gasteiger partial charge is 0.494 e. The van der Waals surface area contributed by atoms with Crippen molar-refractivity contribution in [1.29, 1.82) is 0 Å². The number of methoxy groups -OCH3 is 1. The molecule has 3 aromatic carbocycles. The minimum absolute atomic E-state index is 0.0281. The molecular formula is C51H59BrF2N10O5P+. The average molecular weight is 1040 g/mol. The fourth-order valence-corrected chi connectivity index (χ4v) is 14.8. The van der Waals surface area contributed by atoms with E-state index in [2.05, 4.69) is 71.8 Å². The summed E-state index contributed by atoms with van der Waals surface area (Å²) in [5.41, 5.74) is 5.73. The molecule has 1 atom stereocenters. The standard InChI is InChI=1S/C51H58BrF2N10O5P/c1-4-31-23-42(58-51-55-27-37(52)48(60-51)57-41-11-10-40-35(8-7-30(2)56-40)47(41)70(68)21-5-6-22-70)44(69-3)26-43(31)62-15-13-33(14-16-62)61-17-19-63(20-18-61)50(67)32-28-64(29-32)34-24-38(53)46(39(54)25-34)36-9-12-45(65)59-49(36)66/h7-8,10-11,23-27,32-33,36,68H,4-6,9,12-22,28-29H2,1-3H3,(H2-,55,57,58,59,60,65,66)/p+1. The molecule has 5 aliphatic heterocycles. The highest BCUT2D eigenvalue weighted by molar-refractivity contribution is 9.10. The molecule has 4 N–H and O–H groups in total. The molecule has 0 radical (unpaired) electrons. The van der Waals surface area contributed by atoms with Crippen molar-refractivity contribution in [3.05, 3.63) is 87.7 Å². The van der Waals surface area contributed by atoms with Gasteiger partial charge in [0.15, 0.2) is 18.6 Å². The number of imide groups is 1. The van der Waals surface area contributed by atoms with Crippen LogP contribution in [-0.2, 0) is 20.8 Å². The maximum Gasteiger partial charge on any atom is 0.234 e. The number of aromatic nitrogens is 3. The van der Waals surface area contributed by atoms with Crippen LogP contribution in [0.3, 0.4) is 0 Å². The van der Waals surface area contributed by atoms with Crippen molar-refractivity contribution in [1.82, 2.24) is 30.1 Å². The van der Waals surface area contributed by atoms with Crippen LogP contribution in [0.25, 0.3) is 10.9 Å². The van der Waals surface area contributed by atoms with Crippen LogP contribution in [0.2, 0.25) is 0 Å². The second-order valence-corrected chi connectivity index (χ2v) is 23.3. The summed E-state index contributed by atoms with van der Waals surface area (Å²) in [4.78, 5) is 72.4. The third-order valence-electron chi connectivity index (χ3n) is 14.9. The first-order valence-electron chi connectivity index (χ1n) is 24.4. The van der Waals surface area contributed by atoms with E-state index in [-0.39, 0.29) is 30.2 Å². The van der Waals surface area contributed by atoms with Crippen LogP contribution >= 0.6 is 23.4 Å². The van der Waals surface area contributed by atoms with Gasteiger partial charge in [-0.25, -0.2) is 18.7 Å². The number of amides is 3. The van der Waals surface area contributed by atoms with Gasteiger partial charge in [0.1, 0.15) is 17.4 Å². The second kappa shape index (κ2) is 19.9. The molecule has 5 aromatic rings. The van der Waals surface area contributed by atoms with Crippen molar-refractivity contribution in [2.45, 2.75) is 70.8 Å². The summed E-state index contributed by atoms with van der Waals surface area (Å²) in [6, 6.07) is 15.2. The van der Waals surface area contributed by atoms with Crippen molar-refractivity contribution < 1.29 is 32.8 Å². The van der Waals surface area contributed by atoms with Gasteiger partial charge in [-0.1, -0.05) is 6.92 Å². The molecule has 1 unspecified atom stereocenters. The number of aryl methyl sites for hydroxylation is 2. The summed E-state index contributed by atoms with van der Waals surface area (Å²) in [6.45, 7) is 9.49. The lowest BCUT2D eigenvalue weighted by atomic mass is 9.89. The third-order valence-corrected chi connectivity index (χ3v) is 18.9. The molecule has 5 saturated heterocycles. The van der Waals surface area contributed by atoms with Crippen LogP contribution < -0.4 is 35.8 Å². The highest BCUT2D eigenvalue weighted by Crippen LogP contribution is 2.61. The average Bonchev–Trinajstić information content (AvgIpc) is 3.79. The summed E-state index contributed by atoms with van der Waals surface area (Å²) in [5, 5.41) is 11.1. The van der Waals surface area contributed by atoms with Crippen LogP contribution in [0.4, 0.5) is 43.3 Å². The van der Waals surface area contributed by atoms with Gasteiger partial charge in [0.2, 0.25) is 23.7 Å². The molecule has 7 heterocycles. The number of carbonyl (C=O) groups excluding carboxylic acids is 3. The predicted octanol–water partition coefficient (Wildman–Crippen LogP) is 7.55. The summed E-state index contributed by atoms with van der Waals surface area (Å²) in [5.74, 6) is -2.37. The third kappa shape index (κ3) is 9.51. The number of pyridine rings is 1.